The third-order valence-corrected chi connectivity index (χ3v) is 4.04. The maximum absolute atomic E-state index is 6.14. The summed E-state index contributed by atoms with van der Waals surface area (Å²) >= 11 is 12.3. The van der Waals surface area contributed by atoms with Gasteiger partial charge in [0, 0.05) is 65.4 Å². The van der Waals surface area contributed by atoms with Gasteiger partial charge in [-0.05, 0) is 23.6 Å². The Kier molecular flexibility index (Phi) is 7.70. The summed E-state index contributed by atoms with van der Waals surface area (Å²) < 4.78 is 3.82. The van der Waals surface area contributed by atoms with Gasteiger partial charge in [-0.15, -0.1) is 0 Å². The molecule has 0 spiro atoms. The predicted molar refractivity (Wildman–Crippen MR) is 67.7 cm³/mol. The second-order valence-electron chi connectivity index (χ2n) is 4.50. The second-order valence-corrected chi connectivity index (χ2v) is 5.46. The molecule has 0 aromatic heterocycles. The number of rotatable bonds is 0. The van der Waals surface area contributed by atoms with Crippen LogP contribution < -0.4 is 0 Å². The molecule has 4 nitrogen and oxygen atoms in total. The molecule has 2 saturated heterocycles. The van der Waals surface area contributed by atoms with Gasteiger partial charge in [-0.25, -0.2) is 8.84 Å². The smallest absolute Gasteiger partial charge is 0.299 e. The van der Waals surface area contributed by atoms with Crippen molar-refractivity contribution in [3.8, 4) is 0 Å². The molecule has 0 aromatic carbocycles. The quantitative estimate of drug-likeness (QED) is 0.476. The molecule has 2 heterocycles. The molecule has 0 radical (unpaired) electrons. The zero-order chi connectivity index (χ0) is 11.4. The summed E-state index contributed by atoms with van der Waals surface area (Å²) in [7, 11) is 0. The summed E-state index contributed by atoms with van der Waals surface area (Å²) in [6.45, 7) is 10.2. The van der Waals surface area contributed by atoms with Gasteiger partial charge in [-0.3, -0.25) is 9.80 Å². The van der Waals surface area contributed by atoms with E-state index in [-0.39, 0.29) is 17.1 Å². The molecule has 0 aliphatic carbocycles. The van der Waals surface area contributed by atoms with Crippen LogP contribution >= 0.6 is 23.6 Å². The predicted octanol–water partition coefficient (Wildman–Crippen LogP) is 0.527. The van der Waals surface area contributed by atoms with Crippen molar-refractivity contribution in [1.82, 2.24) is 18.6 Å². The average molecular weight is 323 g/mol. The van der Waals surface area contributed by atoms with Crippen molar-refractivity contribution >= 4 is 23.6 Å². The van der Waals surface area contributed by atoms with E-state index in [1.165, 1.54) is 0 Å². The van der Waals surface area contributed by atoms with Crippen molar-refractivity contribution in [3.63, 3.8) is 0 Å². The van der Waals surface area contributed by atoms with Crippen LogP contribution in [0.5, 0.6) is 0 Å². The SMILES string of the molecule is ClN1CCN2CCN(Cl)CCN(CC1)CC2.[Fe+2]. The first-order valence-electron chi connectivity index (χ1n) is 6.00. The fraction of sp³-hybridized carbons (Fsp3) is 1.00. The largest absolute Gasteiger partial charge is 2.00 e. The van der Waals surface area contributed by atoms with Crippen LogP contribution in [-0.2, 0) is 17.1 Å². The van der Waals surface area contributed by atoms with Crippen LogP contribution in [0.25, 0.3) is 0 Å². The summed E-state index contributed by atoms with van der Waals surface area (Å²) in [5.41, 5.74) is 0. The van der Waals surface area contributed by atoms with E-state index in [2.05, 4.69) is 9.80 Å². The Morgan fingerprint density at radius 3 is 1.00 bits per heavy atom. The Morgan fingerprint density at radius 2 is 0.706 bits per heavy atom. The minimum absolute atomic E-state index is 0. The van der Waals surface area contributed by atoms with Gasteiger partial charge >= 0.3 is 17.1 Å². The fourth-order valence-corrected chi connectivity index (χ4v) is 2.48. The van der Waals surface area contributed by atoms with Gasteiger partial charge in [0.2, 0.25) is 0 Å². The zero-order valence-electron chi connectivity index (χ0n) is 9.97. The summed E-state index contributed by atoms with van der Waals surface area (Å²) in [6.07, 6.45) is 0. The first-order valence-corrected chi connectivity index (χ1v) is 6.68. The van der Waals surface area contributed by atoms with Crippen LogP contribution in [0.2, 0.25) is 0 Å². The topological polar surface area (TPSA) is 13.0 Å². The molecular formula is C10H20Cl2FeN4+2. The van der Waals surface area contributed by atoms with Crippen molar-refractivity contribution in [2.24, 2.45) is 0 Å². The molecule has 2 rings (SSSR count). The molecule has 0 unspecified atom stereocenters. The van der Waals surface area contributed by atoms with Crippen molar-refractivity contribution in [2.45, 2.75) is 0 Å². The maximum atomic E-state index is 6.14. The first kappa shape index (κ1) is 16.0. The molecule has 0 amide bonds. The van der Waals surface area contributed by atoms with Crippen LogP contribution in [-0.4, -0.2) is 84.1 Å². The van der Waals surface area contributed by atoms with E-state index < -0.39 is 0 Å². The van der Waals surface area contributed by atoms with Crippen molar-refractivity contribution < 1.29 is 17.1 Å². The number of hydrogen-bond donors (Lipinski definition) is 0. The molecule has 2 bridgehead atoms. The number of nitrogens with zero attached hydrogens (tertiary/aromatic N) is 4. The molecule has 17 heavy (non-hydrogen) atoms. The number of halogens is 2. The summed E-state index contributed by atoms with van der Waals surface area (Å²) in [5.74, 6) is 0. The molecule has 0 atom stereocenters. The molecule has 100 valence electrons. The van der Waals surface area contributed by atoms with Gasteiger partial charge in [0.05, 0.1) is 0 Å². The van der Waals surface area contributed by atoms with Gasteiger partial charge in [0.1, 0.15) is 0 Å². The minimum Gasteiger partial charge on any atom is -0.299 e. The molecule has 2 aliphatic heterocycles. The molecule has 7 heteroatoms. The first-order chi connectivity index (χ1) is 7.74. The van der Waals surface area contributed by atoms with E-state index in [0.29, 0.717) is 0 Å². The number of fused-ring (bicyclic) bond motifs is 3. The normalized spacial score (nSPS) is 33.5. The number of hydrogen-bond acceptors (Lipinski definition) is 4. The molecular weight excluding hydrogens is 303 g/mol. The molecule has 2 aliphatic rings. The van der Waals surface area contributed by atoms with Gasteiger partial charge in [0.25, 0.3) is 0 Å². The van der Waals surface area contributed by atoms with E-state index in [1.54, 1.807) is 0 Å². The Bertz CT molecular complexity index is 184. The summed E-state index contributed by atoms with van der Waals surface area (Å²) in [4.78, 5) is 4.91. The summed E-state index contributed by atoms with van der Waals surface area (Å²) in [5, 5.41) is 0. The van der Waals surface area contributed by atoms with E-state index >= 15 is 0 Å². The van der Waals surface area contributed by atoms with E-state index in [9.17, 15) is 0 Å². The minimum atomic E-state index is 0. The van der Waals surface area contributed by atoms with E-state index in [0.717, 1.165) is 65.4 Å². The van der Waals surface area contributed by atoms with Crippen LogP contribution in [0.1, 0.15) is 0 Å². The molecule has 0 saturated carbocycles. The fourth-order valence-electron chi connectivity index (χ4n) is 2.18. The third-order valence-electron chi connectivity index (χ3n) is 3.37. The maximum Gasteiger partial charge on any atom is 2.00 e. The second kappa shape index (κ2) is 8.18. The van der Waals surface area contributed by atoms with Crippen molar-refractivity contribution in [2.75, 3.05) is 65.4 Å². The van der Waals surface area contributed by atoms with E-state index in [1.807, 2.05) is 8.84 Å². The van der Waals surface area contributed by atoms with Crippen molar-refractivity contribution in [3.05, 3.63) is 0 Å². The van der Waals surface area contributed by atoms with Crippen LogP contribution in [0, 0.1) is 0 Å². The molecule has 2 fully saturated rings. The van der Waals surface area contributed by atoms with E-state index in [4.69, 9.17) is 23.6 Å². The Morgan fingerprint density at radius 1 is 0.471 bits per heavy atom. The summed E-state index contributed by atoms with van der Waals surface area (Å²) in [6, 6.07) is 0. The monoisotopic (exact) mass is 322 g/mol. The van der Waals surface area contributed by atoms with Gasteiger partial charge in [-0.2, -0.15) is 0 Å². The van der Waals surface area contributed by atoms with Crippen molar-refractivity contribution in [1.29, 1.82) is 0 Å². The molecule has 0 aromatic rings. The van der Waals surface area contributed by atoms with Gasteiger partial charge in [0.15, 0.2) is 0 Å². The van der Waals surface area contributed by atoms with Gasteiger partial charge < -0.3 is 0 Å². The average Bonchev–Trinajstić information content (AvgIpc) is 2.41. The standard InChI is InChI=1S/C10H20Cl2N4.Fe/c11-15-7-3-13-1-2-14(5-9-15)6-10-16(12)8-4-13;/h1-10H2;/q;+2. The molecule has 0 N–H and O–H groups in total. The third kappa shape index (κ3) is 5.62. The Balaban J connectivity index is 0.00000144. The zero-order valence-corrected chi connectivity index (χ0v) is 12.6. The van der Waals surface area contributed by atoms with Crippen LogP contribution in [0.15, 0.2) is 0 Å². The Labute approximate surface area is 124 Å². The van der Waals surface area contributed by atoms with Crippen LogP contribution in [0.4, 0.5) is 0 Å². The Hall–Kier alpha value is 0.939. The van der Waals surface area contributed by atoms with Gasteiger partial charge in [-0.1, -0.05) is 0 Å². The van der Waals surface area contributed by atoms with Crippen LogP contribution in [0.3, 0.4) is 0 Å².